The molecule has 2 aromatic heterocycles. The molecule has 0 saturated carbocycles. The lowest BCUT2D eigenvalue weighted by molar-refractivity contribution is 1.12. The first kappa shape index (κ1) is 8.37. The Morgan fingerprint density at radius 3 is 2.77 bits per heavy atom. The molecule has 2 rings (SSSR count). The lowest BCUT2D eigenvalue weighted by Crippen LogP contribution is -1.97. The first-order chi connectivity index (χ1) is 6.16. The van der Waals surface area contributed by atoms with Crippen molar-refractivity contribution in [2.75, 3.05) is 5.73 Å². The lowest BCUT2D eigenvalue weighted by Gasteiger charge is -2.00. The molecule has 5 heteroatoms. The van der Waals surface area contributed by atoms with E-state index in [9.17, 15) is 0 Å². The molecule has 0 aliphatic heterocycles. The van der Waals surface area contributed by atoms with Crippen molar-refractivity contribution in [2.24, 2.45) is 0 Å². The molecule has 0 radical (unpaired) electrons. The van der Waals surface area contributed by atoms with E-state index in [0.29, 0.717) is 16.2 Å². The molecule has 13 heavy (non-hydrogen) atoms. The average molecular weight is 239 g/mol. The van der Waals surface area contributed by atoms with Gasteiger partial charge in [0.2, 0.25) is 4.73 Å². The number of rotatable bonds is 0. The fourth-order valence-corrected chi connectivity index (χ4v) is 1.46. The molecule has 2 N–H and O–H groups in total. The van der Waals surface area contributed by atoms with Gasteiger partial charge >= 0.3 is 0 Å². The number of pyridine rings is 1. The van der Waals surface area contributed by atoms with Gasteiger partial charge in [-0.1, -0.05) is 0 Å². The van der Waals surface area contributed by atoms with Gasteiger partial charge in [0.15, 0.2) is 5.65 Å². The van der Waals surface area contributed by atoms with Crippen LogP contribution in [0.25, 0.3) is 11.0 Å². The predicted molar refractivity (Wildman–Crippen MR) is 54.2 cm³/mol. The van der Waals surface area contributed by atoms with Crippen molar-refractivity contribution in [3.63, 3.8) is 0 Å². The number of nitrogen functional groups attached to an aromatic ring is 1. The summed E-state index contributed by atoms with van der Waals surface area (Å²) in [5, 5.41) is 0.786. The van der Waals surface area contributed by atoms with Crippen LogP contribution in [0.4, 0.5) is 5.82 Å². The SMILES string of the molecule is Cc1ccc2c(N)nc(Br)nc2n1. The van der Waals surface area contributed by atoms with Crippen LogP contribution in [0.1, 0.15) is 5.69 Å². The highest BCUT2D eigenvalue weighted by Crippen LogP contribution is 2.18. The summed E-state index contributed by atoms with van der Waals surface area (Å²) in [5.74, 6) is 0.448. The molecule has 0 atom stereocenters. The number of hydrogen-bond acceptors (Lipinski definition) is 4. The van der Waals surface area contributed by atoms with Crippen LogP contribution in [0.5, 0.6) is 0 Å². The van der Waals surface area contributed by atoms with Gasteiger partial charge < -0.3 is 5.73 Å². The van der Waals surface area contributed by atoms with E-state index in [1.54, 1.807) is 0 Å². The van der Waals surface area contributed by atoms with Gasteiger partial charge in [0, 0.05) is 5.69 Å². The van der Waals surface area contributed by atoms with E-state index >= 15 is 0 Å². The van der Waals surface area contributed by atoms with Crippen LogP contribution >= 0.6 is 15.9 Å². The van der Waals surface area contributed by atoms with Crippen molar-refractivity contribution in [3.8, 4) is 0 Å². The molecule has 0 fully saturated rings. The Balaban J connectivity index is 2.86. The van der Waals surface area contributed by atoms with E-state index in [0.717, 1.165) is 11.1 Å². The zero-order valence-electron chi connectivity index (χ0n) is 6.95. The largest absolute Gasteiger partial charge is 0.383 e. The number of anilines is 1. The minimum absolute atomic E-state index is 0.448. The summed E-state index contributed by atoms with van der Waals surface area (Å²) >= 11 is 3.17. The van der Waals surface area contributed by atoms with Crippen molar-refractivity contribution in [1.82, 2.24) is 15.0 Å². The third-order valence-electron chi connectivity index (χ3n) is 1.70. The van der Waals surface area contributed by atoms with Crippen molar-refractivity contribution in [2.45, 2.75) is 6.92 Å². The highest BCUT2D eigenvalue weighted by molar-refractivity contribution is 9.10. The summed E-state index contributed by atoms with van der Waals surface area (Å²) in [4.78, 5) is 12.3. The predicted octanol–water partition coefficient (Wildman–Crippen LogP) is 1.68. The first-order valence-corrected chi connectivity index (χ1v) is 4.52. The van der Waals surface area contributed by atoms with Crippen molar-refractivity contribution >= 4 is 32.8 Å². The molecule has 0 spiro atoms. The molecule has 0 amide bonds. The Labute approximate surface area is 83.3 Å². The van der Waals surface area contributed by atoms with E-state index in [1.165, 1.54) is 0 Å². The molecule has 0 aliphatic carbocycles. The number of aromatic nitrogens is 3. The average Bonchev–Trinajstić information content (AvgIpc) is 2.02. The molecule has 66 valence electrons. The quantitative estimate of drug-likeness (QED) is 0.710. The summed E-state index contributed by atoms with van der Waals surface area (Å²) in [6.45, 7) is 1.91. The smallest absolute Gasteiger partial charge is 0.200 e. The Morgan fingerprint density at radius 1 is 1.23 bits per heavy atom. The molecule has 4 nitrogen and oxygen atoms in total. The maximum atomic E-state index is 5.69. The fourth-order valence-electron chi connectivity index (χ4n) is 1.10. The van der Waals surface area contributed by atoms with Gasteiger partial charge in [-0.2, -0.15) is 0 Å². The van der Waals surface area contributed by atoms with Crippen LogP contribution in [0.15, 0.2) is 16.9 Å². The Kier molecular flexibility index (Phi) is 1.88. The van der Waals surface area contributed by atoms with Crippen LogP contribution in [0.3, 0.4) is 0 Å². The number of nitrogens with two attached hydrogens (primary N) is 1. The normalized spacial score (nSPS) is 10.6. The molecule has 0 aliphatic rings. The third kappa shape index (κ3) is 1.47. The highest BCUT2D eigenvalue weighted by Gasteiger charge is 2.03. The van der Waals surface area contributed by atoms with Gasteiger partial charge in [0.05, 0.1) is 5.39 Å². The van der Waals surface area contributed by atoms with Gasteiger partial charge in [-0.25, -0.2) is 15.0 Å². The third-order valence-corrected chi connectivity index (χ3v) is 2.06. The van der Waals surface area contributed by atoms with Crippen LogP contribution < -0.4 is 5.73 Å². The van der Waals surface area contributed by atoms with Gasteiger partial charge in [-0.3, -0.25) is 0 Å². The number of halogens is 1. The number of aryl methyl sites for hydroxylation is 1. The minimum Gasteiger partial charge on any atom is -0.383 e. The van der Waals surface area contributed by atoms with Crippen LogP contribution in [-0.4, -0.2) is 15.0 Å². The molecule has 0 aromatic carbocycles. The lowest BCUT2D eigenvalue weighted by atomic mass is 10.3. The highest BCUT2D eigenvalue weighted by atomic mass is 79.9. The second kappa shape index (κ2) is 2.92. The van der Waals surface area contributed by atoms with Crippen molar-refractivity contribution < 1.29 is 0 Å². The summed E-state index contributed by atoms with van der Waals surface area (Å²) in [6, 6.07) is 3.76. The standard InChI is InChI=1S/C8H7BrN4/c1-4-2-3-5-6(10)12-8(9)13-7(5)11-4/h2-3H,1H3,(H2,10,11,12,13). The Morgan fingerprint density at radius 2 is 2.00 bits per heavy atom. The zero-order valence-corrected chi connectivity index (χ0v) is 8.54. The first-order valence-electron chi connectivity index (χ1n) is 3.73. The van der Waals surface area contributed by atoms with Crippen LogP contribution in [0, 0.1) is 6.92 Å². The molecule has 0 unspecified atom stereocenters. The molecular weight excluding hydrogens is 232 g/mol. The van der Waals surface area contributed by atoms with E-state index < -0.39 is 0 Å². The second-order valence-electron chi connectivity index (χ2n) is 2.70. The summed E-state index contributed by atoms with van der Waals surface area (Å²) < 4.78 is 0.468. The molecular formula is C8H7BrN4. The zero-order chi connectivity index (χ0) is 9.42. The van der Waals surface area contributed by atoms with E-state index in [4.69, 9.17) is 5.73 Å². The number of hydrogen-bond donors (Lipinski definition) is 1. The minimum atomic E-state index is 0.448. The van der Waals surface area contributed by atoms with E-state index in [-0.39, 0.29) is 0 Å². The Bertz CT molecular complexity index is 464. The second-order valence-corrected chi connectivity index (χ2v) is 3.41. The van der Waals surface area contributed by atoms with Gasteiger partial charge in [0.25, 0.3) is 0 Å². The fraction of sp³-hybridized carbons (Fsp3) is 0.125. The molecule has 0 bridgehead atoms. The van der Waals surface area contributed by atoms with Gasteiger partial charge in [0.1, 0.15) is 5.82 Å². The van der Waals surface area contributed by atoms with Crippen LogP contribution in [-0.2, 0) is 0 Å². The van der Waals surface area contributed by atoms with Gasteiger partial charge in [-0.05, 0) is 35.0 Å². The number of nitrogens with zero attached hydrogens (tertiary/aromatic N) is 3. The molecule has 0 saturated heterocycles. The maximum absolute atomic E-state index is 5.69. The maximum Gasteiger partial charge on any atom is 0.200 e. The van der Waals surface area contributed by atoms with Crippen LogP contribution in [0.2, 0.25) is 0 Å². The van der Waals surface area contributed by atoms with E-state index in [1.807, 2.05) is 19.1 Å². The van der Waals surface area contributed by atoms with Crippen molar-refractivity contribution in [1.29, 1.82) is 0 Å². The van der Waals surface area contributed by atoms with Crippen molar-refractivity contribution in [3.05, 3.63) is 22.6 Å². The summed E-state index contributed by atoms with van der Waals surface area (Å²) in [6.07, 6.45) is 0. The van der Waals surface area contributed by atoms with Gasteiger partial charge in [-0.15, -0.1) is 0 Å². The topological polar surface area (TPSA) is 64.7 Å². The number of fused-ring (bicyclic) bond motifs is 1. The van der Waals surface area contributed by atoms with E-state index in [2.05, 4.69) is 30.9 Å². The Hall–Kier alpha value is -1.23. The molecule has 2 aromatic rings. The monoisotopic (exact) mass is 238 g/mol. The molecule has 2 heterocycles. The summed E-state index contributed by atoms with van der Waals surface area (Å²) in [5.41, 5.74) is 7.22. The summed E-state index contributed by atoms with van der Waals surface area (Å²) in [7, 11) is 0.